The van der Waals surface area contributed by atoms with Gasteiger partial charge in [0.1, 0.15) is 5.78 Å². The first kappa shape index (κ1) is 11.1. The molecule has 2 nitrogen and oxygen atoms in total. The molecule has 1 aliphatic carbocycles. The number of ketones is 1. The quantitative estimate of drug-likeness (QED) is 0.662. The molecule has 1 heterocycles. The standard InChI is InChI=1S/C13H23NO/c15-13-8-6-7-12(11-13)14-9-4-2-1-3-5-10-14/h12H,1-11H2. The number of rotatable bonds is 1. The first-order valence-electron chi connectivity index (χ1n) is 6.62. The molecular weight excluding hydrogens is 186 g/mol. The van der Waals surface area contributed by atoms with Crippen LogP contribution < -0.4 is 0 Å². The largest absolute Gasteiger partial charge is 0.300 e. The first-order chi connectivity index (χ1) is 7.36. The predicted molar refractivity (Wildman–Crippen MR) is 61.9 cm³/mol. The van der Waals surface area contributed by atoms with Gasteiger partial charge in [-0.25, -0.2) is 0 Å². The summed E-state index contributed by atoms with van der Waals surface area (Å²) in [5.74, 6) is 0.494. The van der Waals surface area contributed by atoms with E-state index in [1.54, 1.807) is 0 Å². The van der Waals surface area contributed by atoms with Crippen molar-refractivity contribution in [3.63, 3.8) is 0 Å². The number of nitrogens with zero attached hydrogens (tertiary/aromatic N) is 1. The maximum absolute atomic E-state index is 11.4. The molecule has 1 atom stereocenters. The third-order valence-corrected chi connectivity index (χ3v) is 3.86. The van der Waals surface area contributed by atoms with Gasteiger partial charge in [-0.15, -0.1) is 0 Å². The highest BCUT2D eigenvalue weighted by Crippen LogP contribution is 2.22. The van der Waals surface area contributed by atoms with Crippen LogP contribution in [-0.2, 0) is 4.79 Å². The summed E-state index contributed by atoms with van der Waals surface area (Å²) >= 11 is 0. The molecule has 2 rings (SSSR count). The highest BCUT2D eigenvalue weighted by Gasteiger charge is 2.24. The van der Waals surface area contributed by atoms with Gasteiger partial charge in [0.05, 0.1) is 0 Å². The van der Waals surface area contributed by atoms with E-state index in [0.717, 1.165) is 19.3 Å². The molecule has 0 aromatic rings. The summed E-state index contributed by atoms with van der Waals surface area (Å²) in [6, 6.07) is 0.587. The molecule has 0 aromatic carbocycles. The number of carbonyl (C=O) groups excluding carboxylic acids is 1. The van der Waals surface area contributed by atoms with Gasteiger partial charge in [0.25, 0.3) is 0 Å². The highest BCUT2D eigenvalue weighted by molar-refractivity contribution is 5.79. The zero-order valence-corrected chi connectivity index (χ0v) is 9.71. The van der Waals surface area contributed by atoms with E-state index in [-0.39, 0.29) is 0 Å². The lowest BCUT2D eigenvalue weighted by Gasteiger charge is -2.34. The minimum atomic E-state index is 0.494. The van der Waals surface area contributed by atoms with Gasteiger partial charge in [0.2, 0.25) is 0 Å². The summed E-state index contributed by atoms with van der Waals surface area (Å²) in [4.78, 5) is 14.0. The molecule has 1 saturated heterocycles. The predicted octanol–water partition coefficient (Wildman–Crippen LogP) is 2.76. The van der Waals surface area contributed by atoms with Crippen molar-refractivity contribution in [1.29, 1.82) is 0 Å². The van der Waals surface area contributed by atoms with Gasteiger partial charge < -0.3 is 0 Å². The molecule has 0 radical (unpaired) electrons. The Morgan fingerprint density at radius 1 is 0.933 bits per heavy atom. The third kappa shape index (κ3) is 3.30. The highest BCUT2D eigenvalue weighted by atomic mass is 16.1. The normalized spacial score (nSPS) is 30.9. The fraction of sp³-hybridized carbons (Fsp3) is 0.923. The minimum Gasteiger partial charge on any atom is -0.300 e. The van der Waals surface area contributed by atoms with Gasteiger partial charge in [0.15, 0.2) is 0 Å². The molecule has 1 saturated carbocycles. The van der Waals surface area contributed by atoms with Crippen molar-refractivity contribution in [2.75, 3.05) is 13.1 Å². The Morgan fingerprint density at radius 2 is 1.60 bits per heavy atom. The van der Waals surface area contributed by atoms with Gasteiger partial charge in [-0.1, -0.05) is 19.3 Å². The summed E-state index contributed by atoms with van der Waals surface area (Å²) < 4.78 is 0. The Bertz CT molecular complexity index is 207. The molecule has 0 bridgehead atoms. The van der Waals surface area contributed by atoms with Crippen molar-refractivity contribution in [1.82, 2.24) is 4.90 Å². The van der Waals surface area contributed by atoms with Crippen molar-refractivity contribution < 1.29 is 4.79 Å². The number of likely N-dealkylation sites (tertiary alicyclic amines) is 1. The minimum absolute atomic E-state index is 0.494. The monoisotopic (exact) mass is 209 g/mol. The lowest BCUT2D eigenvalue weighted by Crippen LogP contribution is -2.40. The second-order valence-electron chi connectivity index (χ2n) is 5.09. The average Bonchev–Trinajstić information content (AvgIpc) is 2.16. The lowest BCUT2D eigenvalue weighted by molar-refractivity contribution is -0.122. The number of hydrogen-bond donors (Lipinski definition) is 0. The fourth-order valence-corrected chi connectivity index (χ4v) is 2.95. The van der Waals surface area contributed by atoms with Crippen LogP contribution in [0.3, 0.4) is 0 Å². The Kier molecular flexibility index (Phi) is 4.18. The smallest absolute Gasteiger partial charge is 0.134 e. The molecule has 0 spiro atoms. The molecule has 15 heavy (non-hydrogen) atoms. The molecule has 0 aromatic heterocycles. The molecule has 0 N–H and O–H groups in total. The summed E-state index contributed by atoms with van der Waals surface area (Å²) in [5, 5.41) is 0. The molecule has 0 amide bonds. The van der Waals surface area contributed by atoms with Crippen molar-refractivity contribution in [2.45, 2.75) is 63.8 Å². The van der Waals surface area contributed by atoms with E-state index in [1.807, 2.05) is 0 Å². The molecule has 1 aliphatic heterocycles. The van der Waals surface area contributed by atoms with Crippen molar-refractivity contribution in [3.05, 3.63) is 0 Å². The summed E-state index contributed by atoms with van der Waals surface area (Å²) in [6.45, 7) is 2.47. The first-order valence-corrected chi connectivity index (χ1v) is 6.62. The number of hydrogen-bond acceptors (Lipinski definition) is 2. The van der Waals surface area contributed by atoms with Crippen LogP contribution in [0.1, 0.15) is 57.8 Å². The van der Waals surface area contributed by atoms with Crippen molar-refractivity contribution in [2.24, 2.45) is 0 Å². The Balaban J connectivity index is 1.86. The van der Waals surface area contributed by atoms with Crippen LogP contribution in [0.4, 0.5) is 0 Å². The lowest BCUT2D eigenvalue weighted by atomic mass is 9.92. The number of Topliss-reactive ketones (excluding diaryl/α,β-unsaturated/α-hetero) is 1. The topological polar surface area (TPSA) is 20.3 Å². The van der Waals surface area contributed by atoms with Crippen LogP contribution in [0.5, 0.6) is 0 Å². The van der Waals surface area contributed by atoms with Gasteiger partial charge in [-0.3, -0.25) is 9.69 Å². The zero-order valence-electron chi connectivity index (χ0n) is 9.71. The van der Waals surface area contributed by atoms with Crippen molar-refractivity contribution in [3.8, 4) is 0 Å². The van der Waals surface area contributed by atoms with Gasteiger partial charge in [0, 0.05) is 18.9 Å². The SMILES string of the molecule is O=C1CCCC(N2CCCCCCC2)C1. The van der Waals surface area contributed by atoms with Gasteiger partial charge >= 0.3 is 0 Å². The van der Waals surface area contributed by atoms with E-state index in [1.165, 1.54) is 51.6 Å². The summed E-state index contributed by atoms with van der Waals surface area (Å²) in [7, 11) is 0. The van der Waals surface area contributed by atoms with Crippen LogP contribution in [0, 0.1) is 0 Å². The second-order valence-corrected chi connectivity index (χ2v) is 5.09. The van der Waals surface area contributed by atoms with Crippen LogP contribution >= 0.6 is 0 Å². The average molecular weight is 209 g/mol. The van der Waals surface area contributed by atoms with Crippen LogP contribution in [0.25, 0.3) is 0 Å². The van der Waals surface area contributed by atoms with Crippen LogP contribution in [0.15, 0.2) is 0 Å². The van der Waals surface area contributed by atoms with Gasteiger partial charge in [-0.05, 0) is 38.8 Å². The maximum Gasteiger partial charge on any atom is 0.134 e. The fourth-order valence-electron chi connectivity index (χ4n) is 2.95. The van der Waals surface area contributed by atoms with Gasteiger partial charge in [-0.2, -0.15) is 0 Å². The molecule has 2 heteroatoms. The molecule has 86 valence electrons. The molecule has 2 fully saturated rings. The van der Waals surface area contributed by atoms with E-state index in [2.05, 4.69) is 4.90 Å². The molecule has 1 unspecified atom stereocenters. The summed E-state index contributed by atoms with van der Waals surface area (Å²) in [5.41, 5.74) is 0. The van der Waals surface area contributed by atoms with Crippen molar-refractivity contribution >= 4 is 5.78 Å². The van der Waals surface area contributed by atoms with Crippen LogP contribution in [0.2, 0.25) is 0 Å². The second kappa shape index (κ2) is 5.64. The Hall–Kier alpha value is -0.370. The maximum atomic E-state index is 11.4. The van der Waals surface area contributed by atoms with E-state index >= 15 is 0 Å². The third-order valence-electron chi connectivity index (χ3n) is 3.86. The Labute approximate surface area is 93.0 Å². The van der Waals surface area contributed by atoms with Crippen LogP contribution in [-0.4, -0.2) is 29.8 Å². The van der Waals surface area contributed by atoms with E-state index < -0.39 is 0 Å². The molecule has 2 aliphatic rings. The van der Waals surface area contributed by atoms with E-state index in [4.69, 9.17) is 0 Å². The Morgan fingerprint density at radius 3 is 2.27 bits per heavy atom. The van der Waals surface area contributed by atoms with E-state index in [0.29, 0.717) is 11.8 Å². The zero-order chi connectivity index (χ0) is 10.5. The summed E-state index contributed by atoms with van der Waals surface area (Å²) in [6.07, 6.45) is 10.9. The number of carbonyl (C=O) groups is 1. The molecular formula is C13H23NO. The van der Waals surface area contributed by atoms with E-state index in [9.17, 15) is 4.79 Å².